The van der Waals surface area contributed by atoms with Crippen LogP contribution in [0.4, 0.5) is 16.2 Å². The van der Waals surface area contributed by atoms with Crippen LogP contribution in [0.25, 0.3) is 16.9 Å². The first-order valence-electron chi connectivity index (χ1n) is 10.5. The smallest absolute Gasteiger partial charge is 0.323 e. The lowest BCUT2D eigenvalue weighted by molar-refractivity contribution is 0.00590. The Morgan fingerprint density at radius 2 is 1.61 bits per heavy atom. The predicted molar refractivity (Wildman–Crippen MR) is 124 cm³/mol. The Hall–Kier alpha value is -4.24. The lowest BCUT2D eigenvalue weighted by Crippen LogP contribution is -2.53. The van der Waals surface area contributed by atoms with Gasteiger partial charge in [-0.05, 0) is 67.6 Å². The monoisotopic (exact) mass is 442 g/mol. The molecule has 0 atom stereocenters. The zero-order valence-electron chi connectivity index (χ0n) is 17.9. The van der Waals surface area contributed by atoms with Crippen molar-refractivity contribution < 1.29 is 14.7 Å². The maximum Gasteiger partial charge on any atom is 0.323 e. The standard InChI is InChI=1S/C24H22N6O3/c1-15-21-3-2-12-30(21)28-22(25-15)16-4-8-18(9-5-16)26-24(33)27-19-10-6-17(7-11-19)23(32)29-13-20(31)14-29/h2-12,20,31H,13-14H2,1H3,(H2,26,27,33). The lowest BCUT2D eigenvalue weighted by atomic mass is 10.1. The van der Waals surface area contributed by atoms with Crippen molar-refractivity contribution in [2.45, 2.75) is 13.0 Å². The van der Waals surface area contributed by atoms with Gasteiger partial charge < -0.3 is 20.6 Å². The number of urea groups is 1. The number of carbonyl (C=O) groups is 2. The van der Waals surface area contributed by atoms with Gasteiger partial charge in [-0.1, -0.05) is 0 Å². The fourth-order valence-electron chi connectivity index (χ4n) is 3.70. The number of aliphatic hydroxyl groups excluding tert-OH is 1. The minimum Gasteiger partial charge on any atom is -0.389 e. The molecule has 3 heterocycles. The molecule has 4 aromatic rings. The summed E-state index contributed by atoms with van der Waals surface area (Å²) in [6, 6.07) is 17.4. The number of amides is 3. The molecular formula is C24H22N6O3. The number of hydrogen-bond donors (Lipinski definition) is 3. The molecule has 3 N–H and O–H groups in total. The molecule has 33 heavy (non-hydrogen) atoms. The van der Waals surface area contributed by atoms with Crippen molar-refractivity contribution in [2.75, 3.05) is 23.7 Å². The van der Waals surface area contributed by atoms with Gasteiger partial charge in [0, 0.05) is 41.8 Å². The number of aliphatic hydroxyl groups is 1. The Morgan fingerprint density at radius 1 is 0.970 bits per heavy atom. The molecule has 1 saturated heterocycles. The number of β-amino-alcohol motifs (C(OH)–C–C–N with tert-alkyl or cyclic N) is 1. The van der Waals surface area contributed by atoms with Gasteiger partial charge >= 0.3 is 6.03 Å². The highest BCUT2D eigenvalue weighted by molar-refractivity contribution is 6.00. The molecule has 1 aliphatic rings. The maximum absolute atomic E-state index is 12.4. The van der Waals surface area contributed by atoms with Crippen molar-refractivity contribution in [1.82, 2.24) is 19.5 Å². The number of hydrogen-bond acceptors (Lipinski definition) is 5. The molecule has 3 amide bonds. The third kappa shape index (κ3) is 4.26. The van der Waals surface area contributed by atoms with Crippen LogP contribution in [0, 0.1) is 6.92 Å². The molecule has 166 valence electrons. The number of fused-ring (bicyclic) bond motifs is 1. The number of aromatic nitrogens is 3. The molecule has 0 bridgehead atoms. The molecule has 0 aliphatic carbocycles. The van der Waals surface area contributed by atoms with Gasteiger partial charge in [0.2, 0.25) is 0 Å². The van der Waals surface area contributed by atoms with E-state index in [-0.39, 0.29) is 5.91 Å². The van der Waals surface area contributed by atoms with Gasteiger partial charge in [-0.3, -0.25) is 4.79 Å². The molecule has 1 fully saturated rings. The van der Waals surface area contributed by atoms with Crippen molar-refractivity contribution in [3.05, 3.63) is 78.1 Å². The first-order chi connectivity index (χ1) is 16.0. The quantitative estimate of drug-likeness (QED) is 0.450. The molecule has 0 unspecified atom stereocenters. The first-order valence-corrected chi connectivity index (χ1v) is 10.5. The summed E-state index contributed by atoms with van der Waals surface area (Å²) < 4.78 is 1.79. The average molecular weight is 442 g/mol. The first kappa shape index (κ1) is 20.7. The molecule has 0 radical (unpaired) electrons. The van der Waals surface area contributed by atoms with Crippen LogP contribution in [0.1, 0.15) is 16.1 Å². The Balaban J connectivity index is 1.20. The summed E-state index contributed by atoms with van der Waals surface area (Å²) in [5.41, 5.74) is 4.40. The zero-order valence-corrected chi connectivity index (χ0v) is 17.9. The van der Waals surface area contributed by atoms with E-state index in [1.807, 2.05) is 37.4 Å². The van der Waals surface area contributed by atoms with E-state index in [4.69, 9.17) is 0 Å². The summed E-state index contributed by atoms with van der Waals surface area (Å²) in [4.78, 5) is 30.8. The van der Waals surface area contributed by atoms with Gasteiger partial charge in [0.05, 0.1) is 17.3 Å². The van der Waals surface area contributed by atoms with Crippen LogP contribution in [-0.4, -0.2) is 55.7 Å². The Kier molecular flexibility index (Phi) is 5.23. The highest BCUT2D eigenvalue weighted by Gasteiger charge is 2.29. The fourth-order valence-corrected chi connectivity index (χ4v) is 3.70. The van der Waals surface area contributed by atoms with Crippen molar-refractivity contribution in [3.8, 4) is 11.4 Å². The van der Waals surface area contributed by atoms with Gasteiger partial charge in [-0.25, -0.2) is 14.3 Å². The predicted octanol–water partition coefficient (Wildman–Crippen LogP) is 3.17. The van der Waals surface area contributed by atoms with Gasteiger partial charge in [0.15, 0.2) is 5.82 Å². The van der Waals surface area contributed by atoms with Crippen LogP contribution in [0.3, 0.4) is 0 Å². The molecule has 0 spiro atoms. The molecule has 9 heteroatoms. The van der Waals surface area contributed by atoms with Crippen molar-refractivity contribution >= 4 is 28.8 Å². The summed E-state index contributed by atoms with van der Waals surface area (Å²) in [5.74, 6) is 0.473. The second-order valence-electron chi connectivity index (χ2n) is 7.96. The maximum atomic E-state index is 12.4. The molecule has 5 rings (SSSR count). The van der Waals surface area contributed by atoms with E-state index in [0.29, 0.717) is 35.9 Å². The number of likely N-dealkylation sites (tertiary alicyclic amines) is 1. The van der Waals surface area contributed by atoms with E-state index in [1.54, 1.807) is 45.8 Å². The van der Waals surface area contributed by atoms with E-state index in [9.17, 15) is 14.7 Å². The van der Waals surface area contributed by atoms with Gasteiger partial charge in [-0.15, -0.1) is 5.10 Å². The molecule has 2 aromatic heterocycles. The summed E-state index contributed by atoms with van der Waals surface area (Å²) in [6.45, 7) is 2.65. The minimum atomic E-state index is -0.438. The number of nitrogens with one attached hydrogen (secondary N) is 2. The van der Waals surface area contributed by atoms with Gasteiger partial charge in [-0.2, -0.15) is 0 Å². The zero-order chi connectivity index (χ0) is 22.9. The summed E-state index contributed by atoms with van der Waals surface area (Å²) in [7, 11) is 0. The molecule has 0 saturated carbocycles. The second kappa shape index (κ2) is 8.36. The van der Waals surface area contributed by atoms with Crippen LogP contribution in [0.2, 0.25) is 0 Å². The molecule has 2 aromatic carbocycles. The normalized spacial score (nSPS) is 13.6. The number of nitrogens with zero attached hydrogens (tertiary/aromatic N) is 4. The van der Waals surface area contributed by atoms with Crippen LogP contribution in [0.5, 0.6) is 0 Å². The number of rotatable bonds is 4. The average Bonchev–Trinajstić information content (AvgIpc) is 3.27. The van der Waals surface area contributed by atoms with E-state index in [1.165, 1.54) is 0 Å². The van der Waals surface area contributed by atoms with Crippen LogP contribution < -0.4 is 10.6 Å². The number of anilines is 2. The number of aryl methyl sites for hydroxylation is 1. The highest BCUT2D eigenvalue weighted by Crippen LogP contribution is 2.20. The minimum absolute atomic E-state index is 0.133. The Bertz CT molecular complexity index is 1320. The Morgan fingerprint density at radius 3 is 2.24 bits per heavy atom. The fraction of sp³-hybridized carbons (Fsp3) is 0.167. The van der Waals surface area contributed by atoms with Crippen molar-refractivity contribution in [3.63, 3.8) is 0 Å². The molecule has 1 aliphatic heterocycles. The van der Waals surface area contributed by atoms with Gasteiger partial charge in [0.25, 0.3) is 5.91 Å². The third-order valence-corrected chi connectivity index (χ3v) is 5.52. The van der Waals surface area contributed by atoms with Gasteiger partial charge in [0.1, 0.15) is 0 Å². The summed E-state index contributed by atoms with van der Waals surface area (Å²) in [6.07, 6.45) is 1.44. The van der Waals surface area contributed by atoms with E-state index < -0.39 is 12.1 Å². The topological polar surface area (TPSA) is 112 Å². The SMILES string of the molecule is Cc1nc(-c2ccc(NC(=O)Nc3ccc(C(=O)N4CC(O)C4)cc3)cc2)nn2cccc12. The van der Waals surface area contributed by atoms with E-state index >= 15 is 0 Å². The van der Waals surface area contributed by atoms with Crippen LogP contribution >= 0.6 is 0 Å². The molecule has 9 nitrogen and oxygen atoms in total. The van der Waals surface area contributed by atoms with Crippen LogP contribution in [0.15, 0.2) is 66.9 Å². The Labute approximate surface area is 189 Å². The molecular weight excluding hydrogens is 420 g/mol. The highest BCUT2D eigenvalue weighted by atomic mass is 16.3. The van der Waals surface area contributed by atoms with Crippen molar-refractivity contribution in [1.29, 1.82) is 0 Å². The van der Waals surface area contributed by atoms with E-state index in [0.717, 1.165) is 16.8 Å². The lowest BCUT2D eigenvalue weighted by Gasteiger charge is -2.35. The summed E-state index contributed by atoms with van der Waals surface area (Å²) in [5, 5.41) is 19.4. The van der Waals surface area contributed by atoms with Crippen molar-refractivity contribution in [2.24, 2.45) is 0 Å². The number of benzene rings is 2. The number of carbonyl (C=O) groups excluding carboxylic acids is 2. The summed E-state index contributed by atoms with van der Waals surface area (Å²) >= 11 is 0. The van der Waals surface area contributed by atoms with Crippen LogP contribution in [-0.2, 0) is 0 Å². The van der Waals surface area contributed by atoms with E-state index in [2.05, 4.69) is 20.7 Å². The second-order valence-corrected chi connectivity index (χ2v) is 7.96. The largest absolute Gasteiger partial charge is 0.389 e. The third-order valence-electron chi connectivity index (χ3n) is 5.52.